The summed E-state index contributed by atoms with van der Waals surface area (Å²) in [6, 6.07) is 9.56. The summed E-state index contributed by atoms with van der Waals surface area (Å²) in [5.74, 6) is 0.110. The van der Waals surface area contributed by atoms with Crippen LogP contribution in [0.25, 0.3) is 0 Å². The minimum absolute atomic E-state index is 0.246. The number of amides is 3. The van der Waals surface area contributed by atoms with Gasteiger partial charge >= 0.3 is 6.03 Å². The maximum absolute atomic E-state index is 12.2. The molecule has 24 heavy (non-hydrogen) atoms. The summed E-state index contributed by atoms with van der Waals surface area (Å²) in [6.45, 7) is 9.79. The molecule has 6 heteroatoms. The van der Waals surface area contributed by atoms with E-state index in [0.717, 1.165) is 26.2 Å². The van der Waals surface area contributed by atoms with Crippen LogP contribution in [-0.4, -0.2) is 55.6 Å². The lowest BCUT2D eigenvalue weighted by atomic mass is 10.2. The number of piperazine rings is 1. The average molecular weight is 332 g/mol. The number of para-hydroxylation sites is 1. The molecule has 0 aromatic heterocycles. The van der Waals surface area contributed by atoms with Gasteiger partial charge in [0.05, 0.1) is 6.04 Å². The van der Waals surface area contributed by atoms with E-state index in [2.05, 4.69) is 32.6 Å². The Kier molecular flexibility index (Phi) is 6.61. The van der Waals surface area contributed by atoms with E-state index in [1.54, 1.807) is 0 Å². The zero-order valence-electron chi connectivity index (χ0n) is 14.8. The number of carbonyl (C=O) groups is 2. The molecule has 1 heterocycles. The van der Waals surface area contributed by atoms with Gasteiger partial charge < -0.3 is 10.2 Å². The minimum atomic E-state index is -0.413. The van der Waals surface area contributed by atoms with Crippen molar-refractivity contribution in [3.05, 3.63) is 30.3 Å². The third-order valence-corrected chi connectivity index (χ3v) is 4.27. The van der Waals surface area contributed by atoms with Gasteiger partial charge in [0.15, 0.2) is 0 Å². The molecule has 0 bridgehead atoms. The highest BCUT2D eigenvalue weighted by Gasteiger charge is 2.26. The molecule has 2 rings (SSSR count). The van der Waals surface area contributed by atoms with E-state index in [1.807, 2.05) is 39.0 Å². The fourth-order valence-electron chi connectivity index (χ4n) is 2.73. The Morgan fingerprint density at radius 3 is 2.25 bits per heavy atom. The summed E-state index contributed by atoms with van der Waals surface area (Å²) in [7, 11) is 0. The second kappa shape index (κ2) is 8.68. The molecule has 1 saturated heterocycles. The van der Waals surface area contributed by atoms with Crippen molar-refractivity contribution in [3.63, 3.8) is 0 Å². The Morgan fingerprint density at radius 2 is 1.67 bits per heavy atom. The van der Waals surface area contributed by atoms with Gasteiger partial charge in [0, 0.05) is 38.4 Å². The summed E-state index contributed by atoms with van der Waals surface area (Å²) < 4.78 is 0. The number of rotatable bonds is 5. The highest BCUT2D eigenvalue weighted by molar-refractivity contribution is 5.96. The van der Waals surface area contributed by atoms with Crippen LogP contribution in [-0.2, 0) is 4.79 Å². The van der Waals surface area contributed by atoms with Gasteiger partial charge in [0.2, 0.25) is 5.91 Å². The molecule has 1 fully saturated rings. The smallest absolute Gasteiger partial charge is 0.321 e. The Labute approximate surface area is 144 Å². The van der Waals surface area contributed by atoms with E-state index < -0.39 is 6.03 Å². The first-order valence-corrected chi connectivity index (χ1v) is 8.60. The molecule has 6 nitrogen and oxygen atoms in total. The SMILES string of the molecule is CC(C)CNC(=O)NC(=O)[C@@H](C)N1CCN(c2ccccc2)CC1. The number of hydrogen-bond acceptors (Lipinski definition) is 4. The zero-order chi connectivity index (χ0) is 17.5. The van der Waals surface area contributed by atoms with Crippen LogP contribution in [0.5, 0.6) is 0 Å². The Bertz CT molecular complexity index is 539. The fraction of sp³-hybridized carbons (Fsp3) is 0.556. The number of nitrogens with zero attached hydrogens (tertiary/aromatic N) is 2. The van der Waals surface area contributed by atoms with Gasteiger partial charge in [0.1, 0.15) is 0 Å². The number of carbonyl (C=O) groups excluding carboxylic acids is 2. The van der Waals surface area contributed by atoms with Crippen LogP contribution < -0.4 is 15.5 Å². The lowest BCUT2D eigenvalue weighted by molar-refractivity contribution is -0.124. The summed E-state index contributed by atoms with van der Waals surface area (Å²) in [5, 5.41) is 5.13. The van der Waals surface area contributed by atoms with Crippen molar-refractivity contribution < 1.29 is 9.59 Å². The van der Waals surface area contributed by atoms with Crippen molar-refractivity contribution in [2.24, 2.45) is 5.92 Å². The Balaban J connectivity index is 1.78. The van der Waals surface area contributed by atoms with Crippen LogP contribution >= 0.6 is 0 Å². The summed E-state index contributed by atoms with van der Waals surface area (Å²) in [6.07, 6.45) is 0. The average Bonchev–Trinajstić information content (AvgIpc) is 2.60. The van der Waals surface area contributed by atoms with E-state index in [1.165, 1.54) is 5.69 Å². The molecule has 3 amide bonds. The van der Waals surface area contributed by atoms with Crippen molar-refractivity contribution >= 4 is 17.6 Å². The predicted octanol–water partition coefficient (Wildman–Crippen LogP) is 1.68. The van der Waals surface area contributed by atoms with Crippen LogP contribution in [0.15, 0.2) is 30.3 Å². The molecule has 1 aliphatic heterocycles. The quantitative estimate of drug-likeness (QED) is 0.861. The maximum atomic E-state index is 12.2. The molecule has 1 atom stereocenters. The lowest BCUT2D eigenvalue weighted by Crippen LogP contribution is -2.55. The molecule has 1 aromatic carbocycles. The van der Waals surface area contributed by atoms with Crippen molar-refractivity contribution in [2.45, 2.75) is 26.8 Å². The minimum Gasteiger partial charge on any atom is -0.369 e. The first kappa shape index (κ1) is 18.3. The molecule has 0 radical (unpaired) electrons. The van der Waals surface area contributed by atoms with E-state index in [0.29, 0.717) is 12.5 Å². The van der Waals surface area contributed by atoms with E-state index >= 15 is 0 Å². The van der Waals surface area contributed by atoms with Gasteiger partial charge in [-0.3, -0.25) is 15.0 Å². The Hall–Kier alpha value is -2.08. The highest BCUT2D eigenvalue weighted by Crippen LogP contribution is 2.16. The number of imide groups is 1. The molecular formula is C18H28N4O2. The van der Waals surface area contributed by atoms with Crippen LogP contribution in [0.1, 0.15) is 20.8 Å². The van der Waals surface area contributed by atoms with Gasteiger partial charge in [-0.1, -0.05) is 32.0 Å². The van der Waals surface area contributed by atoms with Crippen molar-refractivity contribution in [1.29, 1.82) is 0 Å². The monoisotopic (exact) mass is 332 g/mol. The van der Waals surface area contributed by atoms with E-state index in [-0.39, 0.29) is 11.9 Å². The van der Waals surface area contributed by atoms with Crippen LogP contribution in [0.3, 0.4) is 0 Å². The van der Waals surface area contributed by atoms with Crippen molar-refractivity contribution in [3.8, 4) is 0 Å². The van der Waals surface area contributed by atoms with Crippen molar-refractivity contribution in [2.75, 3.05) is 37.6 Å². The third kappa shape index (κ3) is 5.23. The van der Waals surface area contributed by atoms with Gasteiger partial charge in [-0.25, -0.2) is 4.79 Å². The normalized spacial score (nSPS) is 16.8. The molecule has 0 unspecified atom stereocenters. The highest BCUT2D eigenvalue weighted by atomic mass is 16.2. The molecule has 132 valence electrons. The van der Waals surface area contributed by atoms with Gasteiger partial charge in [-0.2, -0.15) is 0 Å². The standard InChI is InChI=1S/C18H28N4O2/c1-14(2)13-19-18(24)20-17(23)15(3)21-9-11-22(12-10-21)16-7-5-4-6-8-16/h4-8,14-15H,9-13H2,1-3H3,(H2,19,20,23,24)/t15-/m1/s1. The lowest BCUT2D eigenvalue weighted by Gasteiger charge is -2.38. The molecular weight excluding hydrogens is 304 g/mol. The first-order valence-electron chi connectivity index (χ1n) is 8.60. The third-order valence-electron chi connectivity index (χ3n) is 4.27. The van der Waals surface area contributed by atoms with Gasteiger partial charge in [0.25, 0.3) is 0 Å². The number of anilines is 1. The summed E-state index contributed by atoms with van der Waals surface area (Å²) in [5.41, 5.74) is 1.21. The second-order valence-electron chi connectivity index (χ2n) is 6.63. The van der Waals surface area contributed by atoms with Crippen LogP contribution in [0.4, 0.5) is 10.5 Å². The van der Waals surface area contributed by atoms with Gasteiger partial charge in [-0.05, 0) is 25.0 Å². The molecule has 2 N–H and O–H groups in total. The van der Waals surface area contributed by atoms with E-state index in [9.17, 15) is 9.59 Å². The molecule has 0 saturated carbocycles. The molecule has 0 spiro atoms. The Morgan fingerprint density at radius 1 is 1.04 bits per heavy atom. The van der Waals surface area contributed by atoms with Crippen molar-refractivity contribution in [1.82, 2.24) is 15.5 Å². The number of nitrogens with one attached hydrogen (secondary N) is 2. The summed E-state index contributed by atoms with van der Waals surface area (Å²) in [4.78, 5) is 28.4. The maximum Gasteiger partial charge on any atom is 0.321 e. The van der Waals surface area contributed by atoms with Crippen LogP contribution in [0.2, 0.25) is 0 Å². The number of hydrogen-bond donors (Lipinski definition) is 2. The second-order valence-corrected chi connectivity index (χ2v) is 6.63. The first-order chi connectivity index (χ1) is 11.5. The summed E-state index contributed by atoms with van der Waals surface area (Å²) >= 11 is 0. The molecule has 1 aromatic rings. The largest absolute Gasteiger partial charge is 0.369 e. The molecule has 1 aliphatic rings. The number of benzene rings is 1. The zero-order valence-corrected chi connectivity index (χ0v) is 14.8. The topological polar surface area (TPSA) is 64.7 Å². The van der Waals surface area contributed by atoms with E-state index in [4.69, 9.17) is 0 Å². The number of urea groups is 1. The van der Waals surface area contributed by atoms with Crippen LogP contribution in [0, 0.1) is 5.92 Å². The van der Waals surface area contributed by atoms with Gasteiger partial charge in [-0.15, -0.1) is 0 Å². The molecule has 0 aliphatic carbocycles. The fourth-order valence-corrected chi connectivity index (χ4v) is 2.73. The predicted molar refractivity (Wildman–Crippen MR) is 96.1 cm³/mol.